The van der Waals surface area contributed by atoms with Crippen molar-refractivity contribution in [3.8, 4) is 0 Å². The molecule has 0 amide bonds. The minimum Gasteiger partial charge on any atom is -0.381 e. The number of ether oxygens (including phenoxy) is 1. The molecule has 2 saturated heterocycles. The number of hydrogen-bond acceptors (Lipinski definition) is 5. The van der Waals surface area contributed by atoms with Crippen LogP contribution in [0.25, 0.3) is 0 Å². The lowest BCUT2D eigenvalue weighted by atomic mass is 10.0. The first-order chi connectivity index (χ1) is 10.4. The molecule has 122 valence electrons. The zero-order valence-corrected chi connectivity index (χ0v) is 12.1. The van der Waals surface area contributed by atoms with E-state index < -0.39 is 11.9 Å². The first kappa shape index (κ1) is 15.5. The second-order valence-electron chi connectivity index (χ2n) is 5.77. The molecule has 0 spiro atoms. The second kappa shape index (κ2) is 6.00. The lowest BCUT2D eigenvalue weighted by Gasteiger charge is -2.35. The third-order valence-corrected chi connectivity index (χ3v) is 4.35. The predicted octanol–water partition coefficient (Wildman–Crippen LogP) is 2.39. The number of halogens is 3. The van der Waals surface area contributed by atoms with Crippen LogP contribution in [0.4, 0.5) is 19.1 Å². The van der Waals surface area contributed by atoms with Crippen LogP contribution >= 0.6 is 0 Å². The summed E-state index contributed by atoms with van der Waals surface area (Å²) in [6.07, 6.45) is -0.946. The third kappa shape index (κ3) is 3.17. The average Bonchev–Trinajstić information content (AvgIpc) is 2.96. The van der Waals surface area contributed by atoms with Gasteiger partial charge in [0, 0.05) is 19.3 Å². The van der Waals surface area contributed by atoms with Crippen molar-refractivity contribution < 1.29 is 17.9 Å². The summed E-state index contributed by atoms with van der Waals surface area (Å²) in [6, 6.07) is 1.26. The summed E-state index contributed by atoms with van der Waals surface area (Å²) < 4.78 is 44.1. The summed E-state index contributed by atoms with van der Waals surface area (Å²) >= 11 is 0. The molecule has 2 aliphatic rings. The zero-order valence-electron chi connectivity index (χ0n) is 12.1. The smallest absolute Gasteiger partial charge is 0.381 e. The van der Waals surface area contributed by atoms with E-state index in [1.807, 2.05) is 0 Å². The fourth-order valence-corrected chi connectivity index (χ4v) is 3.36. The number of rotatable bonds is 2. The quantitative estimate of drug-likeness (QED) is 0.907. The van der Waals surface area contributed by atoms with Gasteiger partial charge < -0.3 is 10.5 Å². The van der Waals surface area contributed by atoms with E-state index in [0.717, 1.165) is 38.3 Å². The number of likely N-dealkylation sites (tertiary alicyclic amines) is 1. The molecule has 0 radical (unpaired) electrons. The number of nitrogens with zero attached hydrogens (tertiary/aromatic N) is 3. The Morgan fingerprint density at radius 3 is 2.59 bits per heavy atom. The van der Waals surface area contributed by atoms with E-state index in [2.05, 4.69) is 14.9 Å². The van der Waals surface area contributed by atoms with Crippen molar-refractivity contribution in [2.45, 2.75) is 43.9 Å². The molecule has 0 aliphatic carbocycles. The van der Waals surface area contributed by atoms with Crippen molar-refractivity contribution in [2.75, 3.05) is 25.5 Å². The van der Waals surface area contributed by atoms with E-state index in [1.54, 1.807) is 0 Å². The first-order valence-electron chi connectivity index (χ1n) is 7.50. The topological polar surface area (TPSA) is 64.3 Å². The predicted molar refractivity (Wildman–Crippen MR) is 74.0 cm³/mol. The number of alkyl halides is 3. The van der Waals surface area contributed by atoms with Gasteiger partial charge in [-0.15, -0.1) is 0 Å². The van der Waals surface area contributed by atoms with Gasteiger partial charge in [0.2, 0.25) is 5.95 Å². The average molecular weight is 316 g/mol. The standard InChI is InChI=1S/C14H19F3N4O/c15-14(16,17)12-8-10(19-13(18)20-12)11-2-1-5-21(11)9-3-6-22-7-4-9/h8-9,11H,1-7H2,(H2,18,19,20)/t11-/m1/s1. The Morgan fingerprint density at radius 2 is 1.91 bits per heavy atom. The molecule has 0 bridgehead atoms. The van der Waals surface area contributed by atoms with Gasteiger partial charge in [-0.3, -0.25) is 4.90 Å². The minimum atomic E-state index is -4.51. The molecule has 5 nitrogen and oxygen atoms in total. The second-order valence-corrected chi connectivity index (χ2v) is 5.77. The Balaban J connectivity index is 1.87. The summed E-state index contributed by atoms with van der Waals surface area (Å²) in [5, 5.41) is 0. The highest BCUT2D eigenvalue weighted by Crippen LogP contribution is 2.37. The van der Waals surface area contributed by atoms with Crippen LogP contribution in [0.1, 0.15) is 43.1 Å². The van der Waals surface area contributed by atoms with Gasteiger partial charge in [0.15, 0.2) is 0 Å². The number of nitrogens with two attached hydrogens (primary N) is 1. The highest BCUT2D eigenvalue weighted by molar-refractivity contribution is 5.26. The molecule has 1 aromatic rings. The molecule has 2 fully saturated rings. The van der Waals surface area contributed by atoms with E-state index in [-0.39, 0.29) is 12.0 Å². The molecule has 8 heteroatoms. The molecule has 0 aromatic carbocycles. The maximum Gasteiger partial charge on any atom is 0.433 e. The molecular weight excluding hydrogens is 297 g/mol. The number of aromatic nitrogens is 2. The third-order valence-electron chi connectivity index (χ3n) is 4.35. The van der Waals surface area contributed by atoms with Crippen LogP contribution in [0, 0.1) is 0 Å². The summed E-state index contributed by atoms with van der Waals surface area (Å²) in [4.78, 5) is 9.64. The largest absolute Gasteiger partial charge is 0.433 e. The summed E-state index contributed by atoms with van der Waals surface area (Å²) in [6.45, 7) is 2.28. The fourth-order valence-electron chi connectivity index (χ4n) is 3.36. The van der Waals surface area contributed by atoms with E-state index in [1.165, 1.54) is 0 Å². The molecule has 2 N–H and O–H groups in total. The van der Waals surface area contributed by atoms with Crippen LogP contribution in [0.5, 0.6) is 0 Å². The molecule has 22 heavy (non-hydrogen) atoms. The van der Waals surface area contributed by atoms with Gasteiger partial charge in [-0.05, 0) is 38.3 Å². The summed E-state index contributed by atoms with van der Waals surface area (Å²) in [7, 11) is 0. The molecule has 2 aliphatic heterocycles. The van der Waals surface area contributed by atoms with Gasteiger partial charge in [-0.1, -0.05) is 0 Å². The molecule has 3 rings (SSSR count). The Morgan fingerprint density at radius 1 is 1.18 bits per heavy atom. The number of hydrogen-bond donors (Lipinski definition) is 1. The van der Waals surface area contributed by atoms with E-state index in [9.17, 15) is 13.2 Å². The van der Waals surface area contributed by atoms with Crippen LogP contribution in [0.15, 0.2) is 6.07 Å². The maximum absolute atomic E-state index is 12.9. The number of anilines is 1. The van der Waals surface area contributed by atoms with Crippen LogP contribution in [-0.2, 0) is 10.9 Å². The zero-order chi connectivity index (χ0) is 15.7. The van der Waals surface area contributed by atoms with Gasteiger partial charge >= 0.3 is 6.18 Å². The SMILES string of the molecule is Nc1nc([C@H]2CCCN2C2CCOCC2)cc(C(F)(F)F)n1. The van der Waals surface area contributed by atoms with Gasteiger partial charge in [0.05, 0.1) is 11.7 Å². The normalized spacial score (nSPS) is 24.8. The highest BCUT2D eigenvalue weighted by Gasteiger charge is 2.37. The van der Waals surface area contributed by atoms with Crippen LogP contribution in [-0.4, -0.2) is 40.7 Å². The van der Waals surface area contributed by atoms with Gasteiger partial charge in [-0.2, -0.15) is 13.2 Å². The van der Waals surface area contributed by atoms with Crippen molar-refractivity contribution in [1.82, 2.24) is 14.9 Å². The van der Waals surface area contributed by atoms with Crippen molar-refractivity contribution in [2.24, 2.45) is 0 Å². The Kier molecular flexibility index (Phi) is 4.22. The van der Waals surface area contributed by atoms with Crippen LogP contribution in [0.2, 0.25) is 0 Å². The van der Waals surface area contributed by atoms with E-state index >= 15 is 0 Å². The van der Waals surface area contributed by atoms with Crippen molar-refractivity contribution in [3.05, 3.63) is 17.5 Å². The van der Waals surface area contributed by atoms with Gasteiger partial charge in [-0.25, -0.2) is 9.97 Å². The Bertz CT molecular complexity index is 531. The number of nitrogen functional groups attached to an aromatic ring is 1. The van der Waals surface area contributed by atoms with Crippen molar-refractivity contribution >= 4 is 5.95 Å². The molecule has 0 saturated carbocycles. The molecule has 0 unspecified atom stereocenters. The lowest BCUT2D eigenvalue weighted by Crippen LogP contribution is -2.39. The monoisotopic (exact) mass is 316 g/mol. The van der Waals surface area contributed by atoms with Crippen molar-refractivity contribution in [3.63, 3.8) is 0 Å². The maximum atomic E-state index is 12.9. The fraction of sp³-hybridized carbons (Fsp3) is 0.714. The lowest BCUT2D eigenvalue weighted by molar-refractivity contribution is -0.141. The van der Waals surface area contributed by atoms with Crippen molar-refractivity contribution in [1.29, 1.82) is 0 Å². The van der Waals surface area contributed by atoms with E-state index in [4.69, 9.17) is 10.5 Å². The summed E-state index contributed by atoms with van der Waals surface area (Å²) in [5.41, 5.74) is 4.90. The first-order valence-corrected chi connectivity index (χ1v) is 7.50. The molecule has 1 aromatic heterocycles. The minimum absolute atomic E-state index is 0.116. The highest BCUT2D eigenvalue weighted by atomic mass is 19.4. The van der Waals surface area contributed by atoms with Gasteiger partial charge in [0.1, 0.15) is 5.69 Å². The van der Waals surface area contributed by atoms with Gasteiger partial charge in [0.25, 0.3) is 0 Å². The summed E-state index contributed by atoms with van der Waals surface area (Å²) in [5.74, 6) is -0.316. The molecular formula is C14H19F3N4O. The van der Waals surface area contributed by atoms with Crippen LogP contribution < -0.4 is 5.73 Å². The Labute approximate surface area is 126 Å². The van der Waals surface area contributed by atoms with E-state index in [0.29, 0.717) is 24.9 Å². The molecule has 3 heterocycles. The van der Waals surface area contributed by atoms with Crippen LogP contribution in [0.3, 0.4) is 0 Å². The molecule has 1 atom stereocenters. The Hall–Kier alpha value is -1.41.